The molecule has 1 aromatic rings. The lowest BCUT2D eigenvalue weighted by molar-refractivity contribution is -0.117. The number of hydrogen-bond donors (Lipinski definition) is 0. The van der Waals surface area contributed by atoms with E-state index in [-0.39, 0.29) is 18.9 Å². The van der Waals surface area contributed by atoms with Crippen LogP contribution in [0.5, 0.6) is 5.75 Å². The summed E-state index contributed by atoms with van der Waals surface area (Å²) in [5.74, 6) is -1.01. The first-order chi connectivity index (χ1) is 9.80. The fourth-order valence-corrected chi connectivity index (χ4v) is 3.34. The minimum atomic E-state index is -4.60. The first kappa shape index (κ1) is 16.0. The van der Waals surface area contributed by atoms with E-state index in [0.717, 1.165) is 0 Å². The Morgan fingerprint density at radius 3 is 2.81 bits per heavy atom. The summed E-state index contributed by atoms with van der Waals surface area (Å²) >= 11 is 5.94. The Morgan fingerprint density at radius 2 is 2.19 bits per heavy atom. The zero-order chi connectivity index (χ0) is 15.6. The van der Waals surface area contributed by atoms with Crippen molar-refractivity contribution in [1.29, 1.82) is 0 Å². The number of rotatable bonds is 5. The zero-order valence-corrected chi connectivity index (χ0v) is 13.0. The second-order valence-corrected chi connectivity index (χ2v) is 6.67. The van der Waals surface area contributed by atoms with Gasteiger partial charge in [0.2, 0.25) is 5.91 Å². The van der Waals surface area contributed by atoms with E-state index in [4.69, 9.17) is 16.3 Å². The Morgan fingerprint density at radius 1 is 1.48 bits per heavy atom. The maximum atomic E-state index is 12.8. The molecule has 0 saturated carbocycles. The number of halogens is 2. The first-order valence-electron chi connectivity index (χ1n) is 6.45. The lowest BCUT2D eigenvalue weighted by Gasteiger charge is -2.20. The summed E-state index contributed by atoms with van der Waals surface area (Å²) < 4.78 is 39.6. The molecule has 2 rings (SSSR count). The molecule has 8 heteroatoms. The number of carbonyl (C=O) groups excluding carboxylic acids is 1. The second kappa shape index (κ2) is 6.19. The Balaban J connectivity index is 2.26. The van der Waals surface area contributed by atoms with Gasteiger partial charge in [0.25, 0.3) is 0 Å². The smallest absolute Gasteiger partial charge is 0.302 e. The predicted molar refractivity (Wildman–Crippen MR) is 78.0 cm³/mol. The topological polar surface area (TPSA) is 63.7 Å². The van der Waals surface area contributed by atoms with Crippen LogP contribution in [-0.2, 0) is 15.0 Å². The molecule has 0 N–H and O–H groups in total. The normalized spacial score (nSPS) is 19.1. The van der Waals surface area contributed by atoms with E-state index in [0.29, 0.717) is 23.1 Å². The standard InChI is InChI=1S/C13H15ClFNO4S/c1-2-20-12-4-3-10(14)6-11(12)16-7-9(5-13(16)17)8-21(15,18)19/h3-4,6,9H,2,5,7-8H2,1H3. The highest BCUT2D eigenvalue weighted by molar-refractivity contribution is 7.86. The van der Waals surface area contributed by atoms with Gasteiger partial charge in [-0.2, -0.15) is 8.42 Å². The van der Waals surface area contributed by atoms with Crippen LogP contribution in [0.4, 0.5) is 9.57 Å². The number of benzene rings is 1. The Hall–Kier alpha value is -1.34. The number of anilines is 1. The predicted octanol–water partition coefficient (Wildman–Crippen LogP) is 2.39. The van der Waals surface area contributed by atoms with E-state index in [1.807, 2.05) is 6.92 Å². The molecule has 5 nitrogen and oxygen atoms in total. The van der Waals surface area contributed by atoms with Crippen LogP contribution in [0.25, 0.3) is 0 Å². The molecule has 1 amide bonds. The molecule has 1 aliphatic heterocycles. The van der Waals surface area contributed by atoms with Gasteiger partial charge >= 0.3 is 10.2 Å². The van der Waals surface area contributed by atoms with Crippen LogP contribution in [0.2, 0.25) is 5.02 Å². The molecule has 1 saturated heterocycles. The van der Waals surface area contributed by atoms with Gasteiger partial charge in [0.15, 0.2) is 0 Å². The van der Waals surface area contributed by atoms with Gasteiger partial charge in [-0.15, -0.1) is 3.89 Å². The summed E-state index contributed by atoms with van der Waals surface area (Å²) in [4.78, 5) is 13.4. The fraction of sp³-hybridized carbons (Fsp3) is 0.462. The maximum absolute atomic E-state index is 12.8. The summed E-state index contributed by atoms with van der Waals surface area (Å²) in [5.41, 5.74) is 0.480. The molecule has 1 fully saturated rings. The van der Waals surface area contributed by atoms with Crippen molar-refractivity contribution in [3.8, 4) is 5.75 Å². The van der Waals surface area contributed by atoms with Crippen molar-refractivity contribution in [1.82, 2.24) is 0 Å². The van der Waals surface area contributed by atoms with Crippen molar-refractivity contribution >= 4 is 33.4 Å². The Bertz CT molecular complexity index is 650. The summed E-state index contributed by atoms with van der Waals surface area (Å²) in [6.07, 6.45) is -0.0127. The average molecular weight is 336 g/mol. The average Bonchev–Trinajstić information content (AvgIpc) is 2.70. The molecule has 1 atom stereocenters. The molecule has 0 bridgehead atoms. The van der Waals surface area contributed by atoms with Crippen LogP contribution in [0.1, 0.15) is 13.3 Å². The SMILES string of the molecule is CCOc1ccc(Cl)cc1N1CC(CS(=O)(=O)F)CC1=O. The Labute approximate surface area is 127 Å². The molecular formula is C13H15ClFNO4S. The van der Waals surface area contributed by atoms with Crippen LogP contribution in [0.15, 0.2) is 18.2 Å². The van der Waals surface area contributed by atoms with Gasteiger partial charge in [-0.1, -0.05) is 11.6 Å². The van der Waals surface area contributed by atoms with Gasteiger partial charge in [0.1, 0.15) is 5.75 Å². The molecule has 0 radical (unpaired) electrons. The lowest BCUT2D eigenvalue weighted by atomic mass is 10.1. The van der Waals surface area contributed by atoms with Crippen molar-refractivity contribution in [2.45, 2.75) is 13.3 Å². The van der Waals surface area contributed by atoms with E-state index in [1.165, 1.54) is 4.90 Å². The first-order valence-corrected chi connectivity index (χ1v) is 8.38. The van der Waals surface area contributed by atoms with E-state index in [1.54, 1.807) is 18.2 Å². The van der Waals surface area contributed by atoms with Gasteiger partial charge in [0.05, 0.1) is 18.0 Å². The quantitative estimate of drug-likeness (QED) is 0.775. The fourth-order valence-electron chi connectivity index (χ4n) is 2.39. The molecule has 0 aromatic heterocycles. The number of hydrogen-bond acceptors (Lipinski definition) is 4. The van der Waals surface area contributed by atoms with E-state index < -0.39 is 21.9 Å². The number of carbonyl (C=O) groups is 1. The number of ether oxygens (including phenoxy) is 1. The zero-order valence-electron chi connectivity index (χ0n) is 11.4. The molecule has 1 aliphatic rings. The van der Waals surface area contributed by atoms with Gasteiger partial charge in [-0.05, 0) is 25.1 Å². The van der Waals surface area contributed by atoms with Crippen LogP contribution in [0.3, 0.4) is 0 Å². The molecule has 1 heterocycles. The highest BCUT2D eigenvalue weighted by Crippen LogP contribution is 2.35. The third-order valence-corrected chi connectivity index (χ3v) is 4.26. The van der Waals surface area contributed by atoms with Crippen molar-refractivity contribution in [2.75, 3.05) is 23.8 Å². The summed E-state index contributed by atoms with van der Waals surface area (Å²) in [5, 5.41) is 0.433. The van der Waals surface area contributed by atoms with Crippen LogP contribution in [0, 0.1) is 5.92 Å². The second-order valence-electron chi connectivity index (χ2n) is 4.83. The molecule has 1 unspecified atom stereocenters. The van der Waals surface area contributed by atoms with Crippen molar-refractivity contribution < 1.29 is 21.8 Å². The third-order valence-electron chi connectivity index (χ3n) is 3.15. The highest BCUT2D eigenvalue weighted by Gasteiger charge is 2.35. The third kappa shape index (κ3) is 4.07. The number of amides is 1. The highest BCUT2D eigenvalue weighted by atomic mass is 35.5. The van der Waals surface area contributed by atoms with Crippen molar-refractivity contribution in [3.63, 3.8) is 0 Å². The van der Waals surface area contributed by atoms with Gasteiger partial charge in [-0.3, -0.25) is 4.79 Å². The van der Waals surface area contributed by atoms with Gasteiger partial charge in [-0.25, -0.2) is 0 Å². The van der Waals surface area contributed by atoms with E-state index in [2.05, 4.69) is 0 Å². The maximum Gasteiger partial charge on any atom is 0.302 e. The van der Waals surface area contributed by atoms with E-state index in [9.17, 15) is 17.1 Å². The lowest BCUT2D eigenvalue weighted by Crippen LogP contribution is -2.26. The van der Waals surface area contributed by atoms with Crippen molar-refractivity contribution in [3.05, 3.63) is 23.2 Å². The minimum absolute atomic E-state index is 0.0127. The summed E-state index contributed by atoms with van der Waals surface area (Å²) in [6, 6.07) is 4.87. The van der Waals surface area contributed by atoms with Gasteiger partial charge < -0.3 is 9.64 Å². The van der Waals surface area contributed by atoms with E-state index >= 15 is 0 Å². The molecule has 0 spiro atoms. The molecule has 0 aliphatic carbocycles. The number of nitrogens with zero attached hydrogens (tertiary/aromatic N) is 1. The molecule has 1 aromatic carbocycles. The van der Waals surface area contributed by atoms with Crippen LogP contribution < -0.4 is 9.64 Å². The monoisotopic (exact) mass is 335 g/mol. The molecule has 21 heavy (non-hydrogen) atoms. The van der Waals surface area contributed by atoms with Crippen molar-refractivity contribution in [2.24, 2.45) is 5.92 Å². The molecular weight excluding hydrogens is 321 g/mol. The van der Waals surface area contributed by atoms with Crippen LogP contribution >= 0.6 is 11.6 Å². The summed E-state index contributed by atoms with van der Waals surface area (Å²) in [7, 11) is -4.60. The minimum Gasteiger partial charge on any atom is -0.492 e. The summed E-state index contributed by atoms with van der Waals surface area (Å²) in [6.45, 7) is 2.35. The molecule has 116 valence electrons. The largest absolute Gasteiger partial charge is 0.492 e. The van der Waals surface area contributed by atoms with Crippen LogP contribution in [-0.4, -0.2) is 33.2 Å². The Kier molecular flexibility index (Phi) is 4.73. The van der Waals surface area contributed by atoms with Gasteiger partial charge in [0, 0.05) is 23.9 Å².